The number of nitrogens with two attached hydrogens (primary N) is 1. The summed E-state index contributed by atoms with van der Waals surface area (Å²) in [5, 5.41) is 6.85. The lowest BCUT2D eigenvalue weighted by molar-refractivity contribution is -0.123. The molecule has 1 fully saturated rings. The smallest absolute Gasteiger partial charge is 0.277 e. The normalized spacial score (nSPS) is 17.4. The number of aromatic nitrogens is 2. The minimum Gasteiger partial charge on any atom is -0.369 e. The molecule has 16 heavy (non-hydrogen) atoms. The number of carbonyl (C=O) groups excluding carboxylic acids is 2. The third kappa shape index (κ3) is 2.02. The summed E-state index contributed by atoms with van der Waals surface area (Å²) in [6, 6.07) is 0. The number of rotatable bonds is 2. The van der Waals surface area contributed by atoms with E-state index < -0.39 is 0 Å². The van der Waals surface area contributed by atoms with Crippen LogP contribution < -0.4 is 5.73 Å². The van der Waals surface area contributed by atoms with E-state index in [2.05, 4.69) is 14.9 Å². The van der Waals surface area contributed by atoms with Crippen LogP contribution in [0.1, 0.15) is 23.3 Å². The van der Waals surface area contributed by atoms with Gasteiger partial charge in [0.15, 0.2) is 5.69 Å². The molecule has 0 saturated carbocycles. The van der Waals surface area contributed by atoms with Gasteiger partial charge in [-0.2, -0.15) is 0 Å². The molecular weight excluding hydrogens is 212 g/mol. The highest BCUT2D eigenvalue weighted by Gasteiger charge is 2.27. The predicted octanol–water partition coefficient (Wildman–Crippen LogP) is -0.593. The first-order valence-electron chi connectivity index (χ1n) is 5.04. The van der Waals surface area contributed by atoms with Crippen molar-refractivity contribution in [2.45, 2.75) is 12.8 Å². The monoisotopic (exact) mass is 224 g/mol. The molecule has 0 aromatic carbocycles. The van der Waals surface area contributed by atoms with Crippen molar-refractivity contribution in [2.75, 3.05) is 13.1 Å². The van der Waals surface area contributed by atoms with Gasteiger partial charge in [0.2, 0.25) is 5.91 Å². The maximum atomic E-state index is 11.8. The molecule has 0 aliphatic carbocycles. The molecule has 7 nitrogen and oxygen atoms in total. The van der Waals surface area contributed by atoms with E-state index in [-0.39, 0.29) is 23.4 Å². The fourth-order valence-electron chi connectivity index (χ4n) is 1.79. The molecule has 0 spiro atoms. The molecular formula is C9H12N4O3. The lowest BCUT2D eigenvalue weighted by Gasteiger charge is -2.29. The van der Waals surface area contributed by atoms with E-state index in [1.165, 1.54) is 6.20 Å². The van der Waals surface area contributed by atoms with Crippen LogP contribution in [0.5, 0.6) is 0 Å². The Bertz CT molecular complexity index is 381. The molecule has 7 heteroatoms. The van der Waals surface area contributed by atoms with Crippen LogP contribution in [-0.4, -0.2) is 40.1 Å². The molecule has 86 valence electrons. The zero-order valence-electron chi connectivity index (χ0n) is 8.63. The first-order chi connectivity index (χ1) is 7.68. The van der Waals surface area contributed by atoms with Crippen molar-refractivity contribution in [1.29, 1.82) is 0 Å². The second-order valence-corrected chi connectivity index (χ2v) is 3.76. The van der Waals surface area contributed by atoms with Gasteiger partial charge < -0.3 is 10.6 Å². The Morgan fingerprint density at radius 3 is 2.62 bits per heavy atom. The summed E-state index contributed by atoms with van der Waals surface area (Å²) < 4.78 is 4.36. The van der Waals surface area contributed by atoms with E-state index in [4.69, 9.17) is 5.73 Å². The second-order valence-electron chi connectivity index (χ2n) is 3.76. The molecule has 2 N–H and O–H groups in total. The Hall–Kier alpha value is -1.92. The van der Waals surface area contributed by atoms with Gasteiger partial charge in [-0.1, -0.05) is 5.16 Å². The number of hydrogen-bond donors (Lipinski definition) is 1. The molecule has 0 bridgehead atoms. The van der Waals surface area contributed by atoms with Gasteiger partial charge in [0.25, 0.3) is 5.91 Å². The number of likely N-dealkylation sites (tertiary alicyclic amines) is 1. The summed E-state index contributed by atoms with van der Waals surface area (Å²) in [6.07, 6.45) is 2.49. The van der Waals surface area contributed by atoms with Crippen molar-refractivity contribution in [2.24, 2.45) is 11.7 Å². The highest BCUT2D eigenvalue weighted by molar-refractivity contribution is 5.92. The molecule has 1 aromatic heterocycles. The van der Waals surface area contributed by atoms with Gasteiger partial charge in [0.05, 0.1) is 0 Å². The maximum absolute atomic E-state index is 11.8. The van der Waals surface area contributed by atoms with Crippen LogP contribution in [0.4, 0.5) is 0 Å². The molecule has 1 aromatic rings. The van der Waals surface area contributed by atoms with E-state index in [9.17, 15) is 9.59 Å². The summed E-state index contributed by atoms with van der Waals surface area (Å²) in [4.78, 5) is 24.3. The van der Waals surface area contributed by atoms with E-state index in [1.54, 1.807) is 4.90 Å². The first kappa shape index (κ1) is 10.6. The zero-order valence-corrected chi connectivity index (χ0v) is 8.63. The number of carbonyl (C=O) groups is 2. The molecule has 0 unspecified atom stereocenters. The topological polar surface area (TPSA) is 102 Å². The van der Waals surface area contributed by atoms with Gasteiger partial charge in [-0.05, 0) is 18.0 Å². The van der Waals surface area contributed by atoms with Crippen LogP contribution in [0.15, 0.2) is 10.8 Å². The Morgan fingerprint density at radius 1 is 1.44 bits per heavy atom. The van der Waals surface area contributed by atoms with Crippen LogP contribution in [-0.2, 0) is 4.79 Å². The predicted molar refractivity (Wildman–Crippen MR) is 52.1 cm³/mol. The van der Waals surface area contributed by atoms with Crippen LogP contribution >= 0.6 is 0 Å². The fraction of sp³-hybridized carbons (Fsp3) is 0.556. The molecule has 2 rings (SSSR count). The van der Waals surface area contributed by atoms with E-state index in [0.29, 0.717) is 25.9 Å². The highest BCUT2D eigenvalue weighted by Crippen LogP contribution is 2.17. The van der Waals surface area contributed by atoms with Crippen LogP contribution in [0, 0.1) is 5.92 Å². The van der Waals surface area contributed by atoms with Crippen molar-refractivity contribution in [1.82, 2.24) is 15.2 Å². The number of amides is 2. The third-order valence-electron chi connectivity index (χ3n) is 2.76. The summed E-state index contributed by atoms with van der Waals surface area (Å²) in [5.41, 5.74) is 5.40. The van der Waals surface area contributed by atoms with Gasteiger partial charge in [0, 0.05) is 19.0 Å². The molecule has 0 radical (unpaired) electrons. The number of piperidine rings is 1. The molecule has 2 amide bonds. The number of primary amides is 1. The average Bonchev–Trinajstić information content (AvgIpc) is 2.81. The Balaban J connectivity index is 1.94. The molecule has 1 aliphatic heterocycles. The van der Waals surface area contributed by atoms with Crippen molar-refractivity contribution in [3.05, 3.63) is 11.9 Å². The lowest BCUT2D eigenvalue weighted by Crippen LogP contribution is -2.41. The van der Waals surface area contributed by atoms with E-state index in [0.717, 1.165) is 0 Å². The highest BCUT2D eigenvalue weighted by atomic mass is 16.6. The standard InChI is InChI=1S/C9H12N4O3/c10-8(14)6-1-3-13(4-2-6)9(15)7-5-11-16-12-7/h5-6H,1-4H2,(H2,10,14). The van der Waals surface area contributed by atoms with Crippen LogP contribution in [0.2, 0.25) is 0 Å². The minimum atomic E-state index is -0.296. The molecule has 2 heterocycles. The summed E-state index contributed by atoms with van der Waals surface area (Å²) in [7, 11) is 0. The summed E-state index contributed by atoms with van der Waals surface area (Å²) >= 11 is 0. The van der Waals surface area contributed by atoms with Gasteiger partial charge in [-0.3, -0.25) is 9.59 Å². The van der Waals surface area contributed by atoms with Gasteiger partial charge in [-0.15, -0.1) is 0 Å². The quantitative estimate of drug-likeness (QED) is 0.723. The Morgan fingerprint density at radius 2 is 2.12 bits per heavy atom. The Labute approximate surface area is 91.5 Å². The van der Waals surface area contributed by atoms with Crippen molar-refractivity contribution in [3.8, 4) is 0 Å². The van der Waals surface area contributed by atoms with Gasteiger partial charge in [-0.25, -0.2) is 4.63 Å². The van der Waals surface area contributed by atoms with Gasteiger partial charge >= 0.3 is 0 Å². The Kier molecular flexibility index (Phi) is 2.84. The minimum absolute atomic E-state index is 0.125. The largest absolute Gasteiger partial charge is 0.369 e. The second kappa shape index (κ2) is 4.30. The molecule has 1 aliphatic rings. The lowest BCUT2D eigenvalue weighted by atomic mass is 9.96. The van der Waals surface area contributed by atoms with Crippen LogP contribution in [0.3, 0.4) is 0 Å². The zero-order chi connectivity index (χ0) is 11.5. The SMILES string of the molecule is NC(=O)C1CCN(C(=O)c2cnon2)CC1. The summed E-state index contributed by atoms with van der Waals surface area (Å²) in [5.74, 6) is -0.640. The average molecular weight is 224 g/mol. The molecule has 1 saturated heterocycles. The van der Waals surface area contributed by atoms with E-state index in [1.807, 2.05) is 0 Å². The number of hydrogen-bond acceptors (Lipinski definition) is 5. The maximum Gasteiger partial charge on any atom is 0.277 e. The van der Waals surface area contributed by atoms with Gasteiger partial charge in [0.1, 0.15) is 6.20 Å². The first-order valence-corrected chi connectivity index (χ1v) is 5.04. The van der Waals surface area contributed by atoms with Crippen molar-refractivity contribution >= 4 is 11.8 Å². The third-order valence-corrected chi connectivity index (χ3v) is 2.76. The van der Waals surface area contributed by atoms with E-state index >= 15 is 0 Å². The fourth-order valence-corrected chi connectivity index (χ4v) is 1.79. The number of nitrogens with zero attached hydrogens (tertiary/aromatic N) is 3. The van der Waals surface area contributed by atoms with Crippen molar-refractivity contribution < 1.29 is 14.2 Å². The van der Waals surface area contributed by atoms with Crippen molar-refractivity contribution in [3.63, 3.8) is 0 Å². The molecule has 0 atom stereocenters. The van der Waals surface area contributed by atoms with Crippen LogP contribution in [0.25, 0.3) is 0 Å². The summed E-state index contributed by atoms with van der Waals surface area (Å²) in [6.45, 7) is 1.03.